The van der Waals surface area contributed by atoms with Crippen molar-refractivity contribution in [2.45, 2.75) is 33.2 Å². The lowest BCUT2D eigenvalue weighted by atomic mass is 9.85. The Morgan fingerprint density at radius 1 is 1.32 bits per heavy atom. The highest BCUT2D eigenvalue weighted by molar-refractivity contribution is 9.09. The summed E-state index contributed by atoms with van der Waals surface area (Å²) in [5.74, 6) is -2.36. The molecule has 0 saturated heterocycles. The number of carbonyl (C=O) groups excluding carboxylic acids is 1. The molecule has 0 aromatic heterocycles. The third-order valence-electron chi connectivity index (χ3n) is 2.93. The molecule has 0 saturated carbocycles. The van der Waals surface area contributed by atoms with E-state index in [1.54, 1.807) is 0 Å². The molecule has 0 radical (unpaired) electrons. The van der Waals surface area contributed by atoms with Gasteiger partial charge in [-0.2, -0.15) is 0 Å². The first-order valence-electron chi connectivity index (χ1n) is 6.07. The van der Waals surface area contributed by atoms with Crippen LogP contribution < -0.4 is 5.32 Å². The van der Waals surface area contributed by atoms with Crippen LogP contribution >= 0.6 is 15.9 Å². The van der Waals surface area contributed by atoms with Crippen LogP contribution in [0.1, 0.15) is 37.6 Å². The van der Waals surface area contributed by atoms with E-state index in [4.69, 9.17) is 0 Å². The summed E-state index contributed by atoms with van der Waals surface area (Å²) in [4.78, 5) is 12.0. The lowest BCUT2D eigenvalue weighted by Gasteiger charge is -2.31. The van der Waals surface area contributed by atoms with Gasteiger partial charge < -0.3 is 5.32 Å². The Bertz CT molecular complexity index is 457. The number of nitrogens with one attached hydrogen (secondary N) is 1. The summed E-state index contributed by atoms with van der Waals surface area (Å²) in [5.41, 5.74) is 0.0184. The maximum absolute atomic E-state index is 13.1. The lowest BCUT2D eigenvalue weighted by Crippen LogP contribution is -2.44. The molecule has 106 valence electrons. The quantitative estimate of drug-likeness (QED) is 0.832. The predicted octanol–water partition coefficient (Wildman–Crippen LogP) is 3.89. The second-order valence-electron chi connectivity index (χ2n) is 5.50. The Kier molecular flexibility index (Phi) is 5.47. The molecule has 0 aliphatic heterocycles. The van der Waals surface area contributed by atoms with Crippen LogP contribution in [0.15, 0.2) is 18.2 Å². The molecule has 0 fully saturated rings. The fraction of sp³-hybridized carbons (Fsp3) is 0.500. The minimum Gasteiger partial charge on any atom is -0.349 e. The van der Waals surface area contributed by atoms with Crippen molar-refractivity contribution in [1.29, 1.82) is 0 Å². The molecule has 2 nitrogen and oxygen atoms in total. The standard InChI is InChI=1S/C14H18BrF2NO/c1-14(2,3)12(6-7-15)18-13(19)9-4-5-10(16)11(17)8-9/h4-5,8,12H,6-7H2,1-3H3,(H,18,19). The van der Waals surface area contributed by atoms with Gasteiger partial charge in [-0.05, 0) is 30.0 Å². The Morgan fingerprint density at radius 2 is 1.95 bits per heavy atom. The highest BCUT2D eigenvalue weighted by Crippen LogP contribution is 2.23. The van der Waals surface area contributed by atoms with Gasteiger partial charge in [-0.15, -0.1) is 0 Å². The van der Waals surface area contributed by atoms with Gasteiger partial charge in [0.2, 0.25) is 0 Å². The first kappa shape index (κ1) is 16.1. The van der Waals surface area contributed by atoms with E-state index in [0.29, 0.717) is 0 Å². The number of rotatable bonds is 4. The maximum atomic E-state index is 13.1. The Labute approximate surface area is 120 Å². The molecule has 0 bridgehead atoms. The Hall–Kier alpha value is -0.970. The van der Waals surface area contributed by atoms with Crippen LogP contribution in [0.5, 0.6) is 0 Å². The van der Waals surface area contributed by atoms with Crippen LogP contribution in [0.2, 0.25) is 0 Å². The summed E-state index contributed by atoms with van der Waals surface area (Å²) in [6.07, 6.45) is 0.763. The van der Waals surface area contributed by atoms with Crippen LogP contribution in [0.4, 0.5) is 8.78 Å². The molecule has 0 aliphatic carbocycles. The number of carbonyl (C=O) groups is 1. The molecule has 1 aromatic rings. The van der Waals surface area contributed by atoms with Gasteiger partial charge in [0.25, 0.3) is 5.91 Å². The van der Waals surface area contributed by atoms with Crippen LogP contribution in [-0.4, -0.2) is 17.3 Å². The van der Waals surface area contributed by atoms with Gasteiger partial charge in [-0.3, -0.25) is 4.79 Å². The van der Waals surface area contributed by atoms with Gasteiger partial charge >= 0.3 is 0 Å². The highest BCUT2D eigenvalue weighted by atomic mass is 79.9. The summed E-state index contributed by atoms with van der Waals surface area (Å²) in [5, 5.41) is 3.62. The van der Waals surface area contributed by atoms with Gasteiger partial charge in [0.05, 0.1) is 0 Å². The molecule has 1 unspecified atom stereocenters. The minimum absolute atomic E-state index is 0.0486. The average Bonchev–Trinajstić information content (AvgIpc) is 2.30. The number of alkyl halides is 1. The fourth-order valence-electron chi connectivity index (χ4n) is 1.71. The Balaban J connectivity index is 2.84. The first-order valence-corrected chi connectivity index (χ1v) is 7.19. The van der Waals surface area contributed by atoms with Gasteiger partial charge in [0.1, 0.15) is 0 Å². The zero-order valence-corrected chi connectivity index (χ0v) is 12.9. The van der Waals surface area contributed by atoms with Crippen LogP contribution in [0.25, 0.3) is 0 Å². The van der Waals surface area contributed by atoms with E-state index >= 15 is 0 Å². The van der Waals surface area contributed by atoms with Gasteiger partial charge in [0, 0.05) is 16.9 Å². The molecular weight excluding hydrogens is 316 g/mol. The van der Waals surface area contributed by atoms with Gasteiger partial charge in [-0.1, -0.05) is 36.7 Å². The smallest absolute Gasteiger partial charge is 0.251 e. The topological polar surface area (TPSA) is 29.1 Å². The molecule has 0 heterocycles. The van der Waals surface area contributed by atoms with Crippen molar-refractivity contribution < 1.29 is 13.6 Å². The summed E-state index contributed by atoms with van der Waals surface area (Å²) in [6.45, 7) is 6.06. The lowest BCUT2D eigenvalue weighted by molar-refractivity contribution is 0.0900. The van der Waals surface area contributed by atoms with Crippen molar-refractivity contribution in [3.8, 4) is 0 Å². The van der Waals surface area contributed by atoms with Crippen molar-refractivity contribution in [2.24, 2.45) is 5.41 Å². The Morgan fingerprint density at radius 3 is 2.42 bits per heavy atom. The van der Waals surface area contributed by atoms with Crippen molar-refractivity contribution in [3.63, 3.8) is 0 Å². The van der Waals surface area contributed by atoms with E-state index in [0.717, 1.165) is 23.9 Å². The number of hydrogen-bond donors (Lipinski definition) is 1. The van der Waals surface area contributed by atoms with E-state index in [-0.39, 0.29) is 22.9 Å². The maximum Gasteiger partial charge on any atom is 0.251 e. The number of hydrogen-bond acceptors (Lipinski definition) is 1. The van der Waals surface area contributed by atoms with E-state index in [1.165, 1.54) is 6.07 Å². The minimum atomic E-state index is -1.01. The fourth-order valence-corrected chi connectivity index (χ4v) is 2.17. The summed E-state index contributed by atoms with van der Waals surface area (Å²) < 4.78 is 25.9. The predicted molar refractivity (Wildman–Crippen MR) is 75.5 cm³/mol. The van der Waals surface area contributed by atoms with Gasteiger partial charge in [0.15, 0.2) is 11.6 Å². The zero-order chi connectivity index (χ0) is 14.6. The van der Waals surface area contributed by atoms with E-state index in [2.05, 4.69) is 21.2 Å². The van der Waals surface area contributed by atoms with Gasteiger partial charge in [-0.25, -0.2) is 8.78 Å². The second-order valence-corrected chi connectivity index (χ2v) is 6.29. The van der Waals surface area contributed by atoms with E-state index in [1.807, 2.05) is 20.8 Å². The largest absolute Gasteiger partial charge is 0.349 e. The van der Waals surface area contributed by atoms with E-state index < -0.39 is 11.6 Å². The summed E-state index contributed by atoms with van der Waals surface area (Å²) in [7, 11) is 0. The van der Waals surface area contributed by atoms with Crippen LogP contribution in [-0.2, 0) is 0 Å². The van der Waals surface area contributed by atoms with Crippen molar-refractivity contribution in [3.05, 3.63) is 35.4 Å². The normalized spacial score (nSPS) is 13.2. The zero-order valence-electron chi connectivity index (χ0n) is 11.3. The van der Waals surface area contributed by atoms with Crippen molar-refractivity contribution in [2.75, 3.05) is 5.33 Å². The molecule has 19 heavy (non-hydrogen) atoms. The second kappa shape index (κ2) is 6.46. The third kappa shape index (κ3) is 4.56. The monoisotopic (exact) mass is 333 g/mol. The molecule has 0 aliphatic rings. The number of benzene rings is 1. The molecule has 1 rings (SSSR count). The molecule has 1 aromatic carbocycles. The average molecular weight is 334 g/mol. The van der Waals surface area contributed by atoms with Crippen molar-refractivity contribution in [1.82, 2.24) is 5.32 Å². The van der Waals surface area contributed by atoms with E-state index in [9.17, 15) is 13.6 Å². The number of halogens is 3. The van der Waals surface area contributed by atoms with Crippen molar-refractivity contribution >= 4 is 21.8 Å². The molecule has 5 heteroatoms. The SMILES string of the molecule is CC(C)(C)C(CCBr)NC(=O)c1ccc(F)c(F)c1. The highest BCUT2D eigenvalue weighted by Gasteiger charge is 2.26. The third-order valence-corrected chi connectivity index (χ3v) is 3.39. The molecule has 1 atom stereocenters. The first-order chi connectivity index (χ1) is 8.75. The summed E-state index contributed by atoms with van der Waals surface area (Å²) in [6, 6.07) is 3.11. The molecule has 1 N–H and O–H groups in total. The molecule has 1 amide bonds. The molecule has 0 spiro atoms. The van der Waals surface area contributed by atoms with Crippen LogP contribution in [0, 0.1) is 17.0 Å². The summed E-state index contributed by atoms with van der Waals surface area (Å²) >= 11 is 3.35. The molecular formula is C14H18BrF2NO. The number of amides is 1. The van der Waals surface area contributed by atoms with Crippen LogP contribution in [0.3, 0.4) is 0 Å².